The molecule has 0 aromatic rings. The van der Waals surface area contributed by atoms with E-state index in [1.165, 1.54) is 0 Å². The Kier molecular flexibility index (Phi) is 8.50. The van der Waals surface area contributed by atoms with Crippen LogP contribution in [0.3, 0.4) is 0 Å². The van der Waals surface area contributed by atoms with Gasteiger partial charge in [-0.05, 0) is 26.0 Å². The quantitative estimate of drug-likeness (QED) is 0.339. The van der Waals surface area contributed by atoms with Crippen LogP contribution in [0, 0.1) is 0 Å². The molecule has 0 aromatic heterocycles. The summed E-state index contributed by atoms with van der Waals surface area (Å²) in [5, 5.41) is 0. The molecule has 0 heterocycles. The number of hydrogen-bond acceptors (Lipinski definition) is 4. The van der Waals surface area contributed by atoms with Crippen LogP contribution in [-0.4, -0.2) is 41.5 Å². The Labute approximate surface area is 93.1 Å². The molecule has 1 atom stereocenters. The monoisotopic (exact) mass is 232 g/mol. The van der Waals surface area contributed by atoms with Gasteiger partial charge in [-0.2, -0.15) is 0 Å². The number of ketones is 1. The zero-order valence-electron chi connectivity index (χ0n) is 9.75. The molecule has 5 heteroatoms. The lowest BCUT2D eigenvalue weighted by atomic mass is 10.2. The van der Waals surface area contributed by atoms with Crippen molar-refractivity contribution < 1.29 is 18.4 Å². The second kappa shape index (κ2) is 8.79. The Morgan fingerprint density at radius 1 is 1.33 bits per heavy atom. The third kappa shape index (κ3) is 8.50. The van der Waals surface area contributed by atoms with Gasteiger partial charge in [0, 0.05) is 6.61 Å². The molecule has 0 fully saturated rings. The van der Waals surface area contributed by atoms with Crippen molar-refractivity contribution in [2.75, 3.05) is 26.4 Å². The van der Waals surface area contributed by atoms with Gasteiger partial charge in [0.15, 0.2) is 5.78 Å². The van der Waals surface area contributed by atoms with Crippen molar-refractivity contribution in [2.45, 2.75) is 20.4 Å². The molecule has 88 valence electrons. The Balaban J connectivity index is 3.32. The van der Waals surface area contributed by atoms with Crippen molar-refractivity contribution in [1.82, 2.24) is 0 Å². The molecule has 0 saturated carbocycles. The molecule has 0 bridgehead atoms. The highest BCUT2D eigenvalue weighted by Crippen LogP contribution is 1.92. The number of carbonyl (C=O) groups is 1. The molecule has 0 aromatic carbocycles. The van der Waals surface area contributed by atoms with Crippen molar-refractivity contribution in [3.05, 3.63) is 12.2 Å². The van der Waals surface area contributed by atoms with Gasteiger partial charge in [0.25, 0.3) is 0 Å². The Hall–Kier alpha value is -0.493. The van der Waals surface area contributed by atoms with Crippen molar-refractivity contribution in [3.63, 3.8) is 0 Å². The lowest BCUT2D eigenvalue weighted by Crippen LogP contribution is -2.21. The largest absolute Gasteiger partial charge is 0.397 e. The highest BCUT2D eigenvalue weighted by molar-refractivity contribution is 6.42. The van der Waals surface area contributed by atoms with Crippen LogP contribution in [0.5, 0.6) is 0 Å². The Morgan fingerprint density at radius 3 is 2.53 bits per heavy atom. The predicted molar refractivity (Wildman–Crippen MR) is 61.2 cm³/mol. The topological polar surface area (TPSA) is 44.8 Å². The van der Waals surface area contributed by atoms with Crippen LogP contribution < -0.4 is 0 Å². The molecule has 0 rings (SSSR count). The summed E-state index contributed by atoms with van der Waals surface area (Å²) in [6.07, 6.45) is 0. The number of ether oxygens (including phenoxy) is 1. The highest BCUT2D eigenvalue weighted by Gasteiger charge is 2.05. The first-order valence-electron chi connectivity index (χ1n) is 5.07. The van der Waals surface area contributed by atoms with Crippen molar-refractivity contribution in [2.24, 2.45) is 0 Å². The average Bonchev–Trinajstić information content (AvgIpc) is 2.17. The minimum absolute atomic E-state index is 0.0647. The van der Waals surface area contributed by atoms with Gasteiger partial charge >= 0.3 is 9.28 Å². The van der Waals surface area contributed by atoms with Gasteiger partial charge in [-0.25, -0.2) is 0 Å². The van der Waals surface area contributed by atoms with E-state index in [0.717, 1.165) is 0 Å². The number of carbonyl (C=O) groups excluding carboxylic acids is 1. The van der Waals surface area contributed by atoms with Crippen LogP contribution in [0.4, 0.5) is 0 Å². The van der Waals surface area contributed by atoms with E-state index in [9.17, 15) is 4.79 Å². The maximum atomic E-state index is 11.1. The van der Waals surface area contributed by atoms with Gasteiger partial charge in [0.2, 0.25) is 0 Å². The number of hydrogen-bond donors (Lipinski definition) is 0. The van der Waals surface area contributed by atoms with Gasteiger partial charge in [0.05, 0.1) is 13.2 Å². The van der Waals surface area contributed by atoms with E-state index < -0.39 is 9.28 Å². The van der Waals surface area contributed by atoms with Crippen molar-refractivity contribution in [1.29, 1.82) is 0 Å². The minimum atomic E-state index is -1.47. The van der Waals surface area contributed by atoms with Gasteiger partial charge in [0.1, 0.15) is 6.61 Å². The van der Waals surface area contributed by atoms with Crippen LogP contribution in [0.15, 0.2) is 12.2 Å². The van der Waals surface area contributed by atoms with Crippen LogP contribution in [0.25, 0.3) is 0 Å². The number of Topliss-reactive ketones (excluding diaryl/α,β-unsaturated/α-hetero) is 1. The van der Waals surface area contributed by atoms with Crippen molar-refractivity contribution in [3.8, 4) is 0 Å². The fourth-order valence-corrected chi connectivity index (χ4v) is 1.84. The van der Waals surface area contributed by atoms with Gasteiger partial charge < -0.3 is 13.6 Å². The van der Waals surface area contributed by atoms with Crippen LogP contribution in [-0.2, 0) is 18.4 Å². The fraction of sp³-hybridized carbons (Fsp3) is 0.700. The molecule has 0 N–H and O–H groups in total. The second-order valence-electron chi connectivity index (χ2n) is 3.15. The molecular weight excluding hydrogens is 212 g/mol. The van der Waals surface area contributed by atoms with E-state index in [2.05, 4.69) is 6.58 Å². The lowest BCUT2D eigenvalue weighted by molar-refractivity contribution is -0.120. The van der Waals surface area contributed by atoms with Gasteiger partial charge in [-0.1, -0.05) is 6.58 Å². The summed E-state index contributed by atoms with van der Waals surface area (Å²) < 4.78 is 15.8. The van der Waals surface area contributed by atoms with E-state index in [0.29, 0.717) is 25.4 Å². The van der Waals surface area contributed by atoms with E-state index in [-0.39, 0.29) is 12.4 Å². The SMILES string of the molecule is C=C(C)C(=O)COCCO[SiH](C)OCC. The van der Waals surface area contributed by atoms with E-state index in [1.54, 1.807) is 6.92 Å². The molecule has 0 radical (unpaired) electrons. The molecule has 0 aliphatic heterocycles. The lowest BCUT2D eigenvalue weighted by Gasteiger charge is -2.10. The summed E-state index contributed by atoms with van der Waals surface area (Å²) >= 11 is 0. The fourth-order valence-electron chi connectivity index (χ4n) is 0.844. The first-order valence-corrected chi connectivity index (χ1v) is 7.17. The molecule has 0 amide bonds. The smallest absolute Gasteiger partial charge is 0.318 e. The van der Waals surface area contributed by atoms with E-state index >= 15 is 0 Å². The Morgan fingerprint density at radius 2 is 2.00 bits per heavy atom. The summed E-state index contributed by atoms with van der Waals surface area (Å²) in [5.41, 5.74) is 0.521. The first kappa shape index (κ1) is 14.5. The molecular formula is C10H20O4Si. The summed E-state index contributed by atoms with van der Waals surface area (Å²) in [7, 11) is -1.47. The minimum Gasteiger partial charge on any atom is -0.397 e. The predicted octanol–water partition coefficient (Wildman–Crippen LogP) is 1.05. The maximum Gasteiger partial charge on any atom is 0.318 e. The molecule has 0 saturated heterocycles. The molecule has 4 nitrogen and oxygen atoms in total. The van der Waals surface area contributed by atoms with Crippen molar-refractivity contribution >= 4 is 15.1 Å². The normalized spacial score (nSPS) is 12.5. The van der Waals surface area contributed by atoms with Crippen LogP contribution >= 0.6 is 0 Å². The molecule has 0 aliphatic rings. The highest BCUT2D eigenvalue weighted by atomic mass is 28.3. The second-order valence-corrected chi connectivity index (χ2v) is 4.95. The summed E-state index contributed by atoms with van der Waals surface area (Å²) in [5.74, 6) is -0.0647. The zero-order chi connectivity index (χ0) is 11.7. The third-order valence-corrected chi connectivity index (χ3v) is 3.20. The summed E-state index contributed by atoms with van der Waals surface area (Å²) in [6, 6.07) is 0. The first-order chi connectivity index (χ1) is 7.07. The number of rotatable bonds is 9. The standard InChI is InChI=1S/C10H20O4Si/c1-5-13-15(4)14-7-6-12-8-10(11)9(2)3/h15H,2,5-8H2,1,3-4H3. The van der Waals surface area contributed by atoms with Crippen LogP contribution in [0.1, 0.15) is 13.8 Å². The molecule has 1 unspecified atom stereocenters. The zero-order valence-corrected chi connectivity index (χ0v) is 10.9. The summed E-state index contributed by atoms with van der Waals surface area (Å²) in [6.45, 7) is 10.8. The molecule has 0 aliphatic carbocycles. The van der Waals surface area contributed by atoms with Gasteiger partial charge in [-0.15, -0.1) is 0 Å². The van der Waals surface area contributed by atoms with E-state index in [4.69, 9.17) is 13.6 Å². The third-order valence-electron chi connectivity index (χ3n) is 1.69. The maximum absolute atomic E-state index is 11.1. The van der Waals surface area contributed by atoms with Crippen LogP contribution in [0.2, 0.25) is 6.55 Å². The summed E-state index contributed by atoms with van der Waals surface area (Å²) in [4.78, 5) is 11.1. The average molecular weight is 232 g/mol. The molecule has 0 spiro atoms. The molecule has 15 heavy (non-hydrogen) atoms. The van der Waals surface area contributed by atoms with E-state index in [1.807, 2.05) is 13.5 Å². The Bertz CT molecular complexity index is 206. The van der Waals surface area contributed by atoms with Gasteiger partial charge in [-0.3, -0.25) is 4.79 Å².